The second-order valence-corrected chi connectivity index (χ2v) is 15.6. The Labute approximate surface area is 262 Å². The van der Waals surface area contributed by atoms with Gasteiger partial charge in [0.25, 0.3) is 11.8 Å². The Morgan fingerprint density at radius 2 is 1.55 bits per heavy atom. The third kappa shape index (κ3) is 6.33. The second kappa shape index (κ2) is 13.0. The Hall–Kier alpha value is -2.00. The summed E-state index contributed by atoms with van der Waals surface area (Å²) >= 11 is 0. The normalized spacial score (nSPS) is 39.7. The number of hydrogen-bond donors (Lipinski definition) is 2. The average molecular weight is 618 g/mol. The highest BCUT2D eigenvalue weighted by Crippen LogP contribution is 2.68. The van der Waals surface area contributed by atoms with E-state index in [1.165, 1.54) is 19.3 Å². The van der Waals surface area contributed by atoms with E-state index in [0.29, 0.717) is 35.2 Å². The monoisotopic (exact) mass is 617 g/mol. The first-order chi connectivity index (χ1) is 20.8. The minimum absolute atomic E-state index is 0.0190. The molecule has 4 saturated carbocycles. The van der Waals surface area contributed by atoms with E-state index in [0.717, 1.165) is 57.8 Å². The highest BCUT2D eigenvalue weighted by Gasteiger charge is 2.64. The number of ether oxygens (including phenoxy) is 1. The van der Waals surface area contributed by atoms with Gasteiger partial charge in [0.1, 0.15) is 6.10 Å². The van der Waals surface area contributed by atoms with E-state index in [9.17, 15) is 29.4 Å². The van der Waals surface area contributed by atoms with Crippen molar-refractivity contribution in [3.63, 3.8) is 0 Å². The number of fused-ring (bicyclic) bond motifs is 5. The van der Waals surface area contributed by atoms with Crippen LogP contribution in [0.2, 0.25) is 0 Å². The average Bonchev–Trinajstić information content (AvgIpc) is 3.49. The molecule has 0 aromatic carbocycles. The minimum Gasteiger partial charge on any atom is -0.462 e. The highest BCUT2D eigenvalue weighted by atomic mass is 16.7. The fourth-order valence-electron chi connectivity index (χ4n) is 10.7. The second-order valence-electron chi connectivity index (χ2n) is 15.6. The molecule has 0 aromatic heterocycles. The van der Waals surface area contributed by atoms with Gasteiger partial charge in [-0.3, -0.25) is 14.4 Å². The molecule has 0 unspecified atom stereocenters. The number of aliphatic hydroxyl groups excluding tert-OH is 1. The van der Waals surface area contributed by atoms with Crippen LogP contribution < -0.4 is 0 Å². The number of carbonyl (C=O) groups excluding carboxylic acids is 4. The van der Waals surface area contributed by atoms with Crippen molar-refractivity contribution in [2.24, 2.45) is 40.4 Å². The molecule has 2 N–H and O–H groups in total. The van der Waals surface area contributed by atoms with Crippen LogP contribution in [0.25, 0.3) is 0 Å². The van der Waals surface area contributed by atoms with Crippen LogP contribution in [-0.2, 0) is 28.8 Å². The van der Waals surface area contributed by atoms with Gasteiger partial charge < -0.3 is 19.8 Å². The lowest BCUT2D eigenvalue weighted by atomic mass is 9.43. The highest BCUT2D eigenvalue weighted by molar-refractivity contribution is 6.01. The molecular formula is C35H55NO8. The van der Waals surface area contributed by atoms with Crippen molar-refractivity contribution < 1.29 is 39.0 Å². The van der Waals surface area contributed by atoms with E-state index in [1.54, 1.807) is 0 Å². The number of esters is 1. The first kappa shape index (κ1) is 33.4. The topological polar surface area (TPSA) is 130 Å². The van der Waals surface area contributed by atoms with Gasteiger partial charge in [-0.15, -0.1) is 5.06 Å². The molecule has 10 atom stereocenters. The van der Waals surface area contributed by atoms with Gasteiger partial charge in [-0.1, -0.05) is 46.5 Å². The summed E-state index contributed by atoms with van der Waals surface area (Å²) in [6.45, 7) is 9.08. The van der Waals surface area contributed by atoms with Gasteiger partial charge in [0.15, 0.2) is 0 Å². The van der Waals surface area contributed by atoms with Gasteiger partial charge >= 0.3 is 11.9 Å². The van der Waals surface area contributed by atoms with Crippen molar-refractivity contribution in [3.05, 3.63) is 0 Å². The third-order valence-corrected chi connectivity index (χ3v) is 12.9. The molecule has 1 heterocycles. The number of unbranched alkanes of at least 4 members (excludes halogenated alkanes) is 3. The predicted molar refractivity (Wildman–Crippen MR) is 162 cm³/mol. The lowest BCUT2D eigenvalue weighted by Crippen LogP contribution is -2.59. The van der Waals surface area contributed by atoms with Crippen molar-refractivity contribution in [3.8, 4) is 0 Å². The fraction of sp³-hybridized carbons (Fsp3) is 0.886. The Morgan fingerprint density at radius 1 is 0.886 bits per heavy atom. The predicted octanol–water partition coefficient (Wildman–Crippen LogP) is 5.64. The number of imide groups is 1. The molecule has 248 valence electrons. The van der Waals surface area contributed by atoms with E-state index in [2.05, 4.69) is 27.7 Å². The Bertz CT molecular complexity index is 1090. The molecular weight excluding hydrogens is 562 g/mol. The van der Waals surface area contributed by atoms with E-state index >= 15 is 0 Å². The Balaban J connectivity index is 1.16. The molecule has 9 heteroatoms. The molecule has 1 saturated heterocycles. The molecule has 0 radical (unpaired) electrons. The maximum atomic E-state index is 12.6. The molecule has 1 aliphatic heterocycles. The number of hydrogen-bond acceptors (Lipinski definition) is 8. The fourth-order valence-corrected chi connectivity index (χ4v) is 10.7. The Morgan fingerprint density at radius 3 is 2.25 bits per heavy atom. The van der Waals surface area contributed by atoms with Crippen molar-refractivity contribution in [2.75, 3.05) is 0 Å². The van der Waals surface area contributed by atoms with Crippen LogP contribution in [0.15, 0.2) is 0 Å². The summed E-state index contributed by atoms with van der Waals surface area (Å²) in [4.78, 5) is 52.9. The van der Waals surface area contributed by atoms with Gasteiger partial charge in [0.05, 0.1) is 24.5 Å². The molecule has 44 heavy (non-hydrogen) atoms. The molecule has 5 aliphatic rings. The summed E-state index contributed by atoms with van der Waals surface area (Å²) in [7, 11) is 0. The van der Waals surface area contributed by atoms with Crippen LogP contribution in [0, 0.1) is 40.4 Å². The van der Waals surface area contributed by atoms with Gasteiger partial charge in [0.2, 0.25) is 0 Å². The van der Waals surface area contributed by atoms with Crippen LogP contribution in [0.1, 0.15) is 137 Å². The van der Waals surface area contributed by atoms with Crippen LogP contribution in [-0.4, -0.2) is 56.8 Å². The van der Waals surface area contributed by atoms with Crippen LogP contribution in [0.5, 0.6) is 0 Å². The number of amides is 2. The first-order valence-corrected chi connectivity index (χ1v) is 17.5. The first-order valence-electron chi connectivity index (χ1n) is 17.5. The number of hydroxylamine groups is 2. The zero-order valence-corrected chi connectivity index (χ0v) is 27.4. The molecule has 5 rings (SSSR count). The quantitative estimate of drug-likeness (QED) is 0.173. The van der Waals surface area contributed by atoms with Gasteiger partial charge in [0, 0.05) is 12.8 Å². The van der Waals surface area contributed by atoms with Crippen LogP contribution >= 0.6 is 0 Å². The number of nitrogens with zero attached hydrogens (tertiary/aromatic N) is 1. The van der Waals surface area contributed by atoms with Gasteiger partial charge in [-0.2, -0.15) is 0 Å². The van der Waals surface area contributed by atoms with E-state index < -0.39 is 35.5 Å². The van der Waals surface area contributed by atoms with E-state index in [1.807, 2.05) is 0 Å². The number of carbonyl (C=O) groups is 4. The van der Waals surface area contributed by atoms with Crippen molar-refractivity contribution in [1.29, 1.82) is 0 Å². The molecule has 0 spiro atoms. The van der Waals surface area contributed by atoms with Crippen molar-refractivity contribution >= 4 is 23.8 Å². The summed E-state index contributed by atoms with van der Waals surface area (Å²) in [6, 6.07) is 0. The van der Waals surface area contributed by atoms with Crippen LogP contribution in [0.4, 0.5) is 0 Å². The summed E-state index contributed by atoms with van der Waals surface area (Å²) in [6.07, 6.45) is 11.8. The van der Waals surface area contributed by atoms with E-state index in [-0.39, 0.29) is 48.5 Å². The smallest absolute Gasteiger partial charge is 0.333 e. The molecule has 0 aromatic rings. The van der Waals surface area contributed by atoms with Crippen molar-refractivity contribution in [1.82, 2.24) is 5.06 Å². The Kier molecular flexibility index (Phi) is 9.87. The number of rotatable bonds is 11. The summed E-state index contributed by atoms with van der Waals surface area (Å²) in [5.41, 5.74) is -0.570. The van der Waals surface area contributed by atoms with Crippen LogP contribution in [0.3, 0.4) is 0 Å². The summed E-state index contributed by atoms with van der Waals surface area (Å²) < 4.78 is 5.78. The number of aliphatic hydroxyl groups is 2. The summed E-state index contributed by atoms with van der Waals surface area (Å²) in [5, 5.41) is 23.8. The molecule has 9 nitrogen and oxygen atoms in total. The zero-order chi connectivity index (χ0) is 31.9. The lowest BCUT2D eigenvalue weighted by Gasteiger charge is -2.62. The molecule has 2 amide bonds. The molecule has 5 fully saturated rings. The standard InChI is InChI=1S/C35H55NO8/c1-5-6-7-8-17-35(4,42)28-10-9-24-23-21-27(37)26-20-22(15-18-33(26,2)25(23)16-19-34(24,28)3)43-31(40)13-14-32(41)44-36-29(38)11-12-30(36)39/h22-28,37,42H,5-21H2,1-4H3/t22-,23-,24-,25-,26+,27-,28-,33+,34-,35-/m0/s1. The molecule has 0 bridgehead atoms. The van der Waals surface area contributed by atoms with Crippen molar-refractivity contribution in [2.45, 2.75) is 155 Å². The summed E-state index contributed by atoms with van der Waals surface area (Å²) in [5.74, 6) is -0.590. The minimum atomic E-state index is -0.813. The SMILES string of the molecule is CCCCCC[C@](C)(O)[C@H]1CC[C@H]2[C@@H]3C[C@H](O)[C@H]4C[C@@H](OC(=O)CCC(=O)ON5C(=O)CCC5=O)CC[C@]4(C)[C@H]3CC[C@@]21C. The maximum absolute atomic E-state index is 12.6. The molecule has 4 aliphatic carbocycles. The van der Waals surface area contributed by atoms with Gasteiger partial charge in [-0.05, 0) is 105 Å². The third-order valence-electron chi connectivity index (χ3n) is 12.9. The van der Waals surface area contributed by atoms with E-state index in [4.69, 9.17) is 9.57 Å². The van der Waals surface area contributed by atoms with Gasteiger partial charge in [-0.25, -0.2) is 4.79 Å². The lowest BCUT2D eigenvalue weighted by molar-refractivity contribution is -0.198. The maximum Gasteiger partial charge on any atom is 0.333 e. The largest absolute Gasteiger partial charge is 0.462 e. The zero-order valence-electron chi connectivity index (χ0n) is 27.4.